The van der Waals surface area contributed by atoms with Crippen LogP contribution in [-0.4, -0.2) is 51.9 Å². The number of ether oxygens (including phenoxy) is 2. The molecule has 242 valence electrons. The summed E-state index contributed by atoms with van der Waals surface area (Å²) < 4.78 is 91.4. The number of hydrogen-bond donors (Lipinski definition) is 2. The molecule has 2 N–H and O–H groups in total. The molecule has 0 spiro atoms. The van der Waals surface area contributed by atoms with Crippen molar-refractivity contribution >= 4 is 23.7 Å². The highest BCUT2D eigenvalue weighted by Gasteiger charge is 2.39. The zero-order valence-corrected chi connectivity index (χ0v) is 24.3. The number of aromatic nitrogens is 3. The molecule has 0 saturated heterocycles. The van der Waals surface area contributed by atoms with E-state index >= 15 is 0 Å². The Kier molecular flexibility index (Phi) is 9.73. The van der Waals surface area contributed by atoms with Gasteiger partial charge in [-0.1, -0.05) is 6.92 Å². The first-order valence-corrected chi connectivity index (χ1v) is 13.8. The fourth-order valence-electron chi connectivity index (χ4n) is 5.07. The maximum atomic E-state index is 13.5. The topological polar surface area (TPSA) is 127 Å². The second kappa shape index (κ2) is 13.2. The van der Waals surface area contributed by atoms with Crippen LogP contribution in [0.25, 0.3) is 0 Å². The Morgan fingerprint density at radius 1 is 1.04 bits per heavy atom. The van der Waals surface area contributed by atoms with Crippen molar-refractivity contribution in [2.24, 2.45) is 0 Å². The molecular formula is C29H29F6N5O5. The molecule has 2 aromatic heterocycles. The van der Waals surface area contributed by atoms with E-state index < -0.39 is 54.4 Å². The minimum atomic E-state index is -5.06. The van der Waals surface area contributed by atoms with Gasteiger partial charge < -0.3 is 19.9 Å². The Hall–Kier alpha value is -4.63. The molecule has 1 aromatic carbocycles. The first-order valence-electron chi connectivity index (χ1n) is 13.8. The van der Waals surface area contributed by atoms with Gasteiger partial charge in [0.2, 0.25) is 11.8 Å². The van der Waals surface area contributed by atoms with Crippen LogP contribution in [0.5, 0.6) is 5.88 Å². The zero-order valence-electron chi connectivity index (χ0n) is 24.3. The smallest absolute Gasteiger partial charge is 0.416 e. The minimum absolute atomic E-state index is 0.00257. The molecule has 1 amide bonds. The molecule has 0 unspecified atom stereocenters. The highest BCUT2D eigenvalue weighted by Crippen LogP contribution is 2.40. The number of aliphatic carboxylic acids is 1. The van der Waals surface area contributed by atoms with Gasteiger partial charge in [-0.05, 0) is 49.6 Å². The average Bonchev–Trinajstić information content (AvgIpc) is 2.96. The van der Waals surface area contributed by atoms with Gasteiger partial charge in [0.25, 0.3) is 0 Å². The van der Waals surface area contributed by atoms with Crippen LogP contribution in [-0.2, 0) is 34.7 Å². The van der Waals surface area contributed by atoms with Crippen molar-refractivity contribution in [1.82, 2.24) is 15.0 Å². The monoisotopic (exact) mass is 641 g/mol. The van der Waals surface area contributed by atoms with Crippen molar-refractivity contribution in [1.29, 1.82) is 0 Å². The summed E-state index contributed by atoms with van der Waals surface area (Å²) in [5, 5.41) is 12.5. The van der Waals surface area contributed by atoms with Crippen molar-refractivity contribution < 1.29 is 50.5 Å². The van der Waals surface area contributed by atoms with Crippen LogP contribution in [0.3, 0.4) is 0 Å². The molecule has 0 saturated carbocycles. The van der Waals surface area contributed by atoms with Gasteiger partial charge >= 0.3 is 24.4 Å². The average molecular weight is 642 g/mol. The third-order valence-corrected chi connectivity index (χ3v) is 7.10. The van der Waals surface area contributed by atoms with Gasteiger partial charge in [0.05, 0.1) is 54.4 Å². The molecule has 1 aliphatic heterocycles. The van der Waals surface area contributed by atoms with Crippen molar-refractivity contribution in [3.63, 3.8) is 0 Å². The number of rotatable bonds is 9. The highest BCUT2D eigenvalue weighted by molar-refractivity contribution is 5.90. The lowest BCUT2D eigenvalue weighted by Crippen LogP contribution is -2.46. The van der Waals surface area contributed by atoms with E-state index in [4.69, 9.17) is 9.47 Å². The quantitative estimate of drug-likeness (QED) is 0.254. The lowest BCUT2D eigenvalue weighted by atomic mass is 9.93. The van der Waals surface area contributed by atoms with Crippen LogP contribution in [0.1, 0.15) is 66.4 Å². The van der Waals surface area contributed by atoms with Crippen LogP contribution in [0.4, 0.5) is 42.8 Å². The molecule has 2 atom stereocenters. The summed E-state index contributed by atoms with van der Waals surface area (Å²) in [6.45, 7) is 3.68. The van der Waals surface area contributed by atoms with Crippen LogP contribution in [0.15, 0.2) is 36.5 Å². The van der Waals surface area contributed by atoms with Gasteiger partial charge in [-0.3, -0.25) is 9.69 Å². The maximum absolute atomic E-state index is 13.5. The molecule has 0 bridgehead atoms. The largest absolute Gasteiger partial charge is 0.481 e. The van der Waals surface area contributed by atoms with Gasteiger partial charge in [-0.2, -0.15) is 26.3 Å². The zero-order chi connectivity index (χ0) is 33.1. The van der Waals surface area contributed by atoms with Crippen molar-refractivity contribution in [3.8, 4) is 5.88 Å². The molecule has 0 radical (unpaired) electrons. The first kappa shape index (κ1) is 33.3. The van der Waals surface area contributed by atoms with Gasteiger partial charge in [-0.25, -0.2) is 19.7 Å². The number of benzene rings is 1. The number of carbonyl (C=O) groups is 2. The number of carboxylic acids is 1. The van der Waals surface area contributed by atoms with E-state index in [9.17, 15) is 41.0 Å². The number of pyridine rings is 1. The summed E-state index contributed by atoms with van der Waals surface area (Å²) in [6.07, 6.45) is -9.91. The first-order chi connectivity index (χ1) is 21.1. The number of fused-ring (bicyclic) bond motifs is 1. The Labute approximate surface area is 253 Å². The normalized spacial score (nSPS) is 16.6. The summed E-state index contributed by atoms with van der Waals surface area (Å²) in [5.74, 6) is -1.15. The Balaban J connectivity index is 1.76. The highest BCUT2D eigenvalue weighted by atomic mass is 19.4. The molecule has 4 rings (SSSR count). The summed E-state index contributed by atoms with van der Waals surface area (Å²) >= 11 is 0. The van der Waals surface area contributed by atoms with Crippen LogP contribution >= 0.6 is 0 Å². The van der Waals surface area contributed by atoms with Crippen LogP contribution in [0.2, 0.25) is 0 Å². The van der Waals surface area contributed by atoms with Crippen molar-refractivity contribution in [3.05, 3.63) is 70.2 Å². The molecule has 3 aromatic rings. The van der Waals surface area contributed by atoms with Crippen LogP contribution < -0.4 is 15.0 Å². The predicted octanol–water partition coefficient (Wildman–Crippen LogP) is 6.43. The Morgan fingerprint density at radius 3 is 2.27 bits per heavy atom. The van der Waals surface area contributed by atoms with E-state index in [1.54, 1.807) is 19.1 Å². The molecule has 1 aliphatic rings. The number of nitrogens with one attached hydrogen (secondary N) is 1. The molecule has 10 nitrogen and oxygen atoms in total. The van der Waals surface area contributed by atoms with E-state index in [-0.39, 0.29) is 47.4 Å². The van der Waals surface area contributed by atoms with Crippen molar-refractivity contribution in [2.45, 2.75) is 64.0 Å². The third-order valence-electron chi connectivity index (χ3n) is 7.10. The number of methoxy groups -OCH3 is 1. The molecular weight excluding hydrogens is 612 g/mol. The van der Waals surface area contributed by atoms with Crippen LogP contribution in [0, 0.1) is 0 Å². The molecule has 16 heteroatoms. The number of anilines is 2. The fourth-order valence-corrected chi connectivity index (χ4v) is 5.07. The Morgan fingerprint density at radius 2 is 1.71 bits per heavy atom. The number of alkyl halides is 6. The van der Waals surface area contributed by atoms with Gasteiger partial charge in [0.15, 0.2) is 0 Å². The number of hydrogen-bond acceptors (Lipinski definition) is 8. The minimum Gasteiger partial charge on any atom is -0.481 e. The SMILES string of the molecule is CCOC(=O)N1c2ccc(OC)nc2[C@@H](Nc2ncc(CC(=O)O)c(Cc3cc(C(F)(F)F)cc(C(F)(F)F)c3)n2)C[C@H]1CC. The molecule has 3 heterocycles. The van der Waals surface area contributed by atoms with Gasteiger partial charge in [-0.15, -0.1) is 0 Å². The summed E-state index contributed by atoms with van der Waals surface area (Å²) in [6, 6.07) is 3.37. The number of nitrogens with zero attached hydrogens (tertiary/aromatic N) is 4. The van der Waals surface area contributed by atoms with E-state index in [1.807, 2.05) is 6.92 Å². The Bertz CT molecular complexity index is 1530. The predicted molar refractivity (Wildman–Crippen MR) is 148 cm³/mol. The van der Waals surface area contributed by atoms with Crippen molar-refractivity contribution in [2.75, 3.05) is 23.9 Å². The maximum Gasteiger partial charge on any atom is 0.416 e. The van der Waals surface area contributed by atoms with Gasteiger partial charge in [0, 0.05) is 30.3 Å². The van der Waals surface area contributed by atoms with E-state index in [2.05, 4.69) is 20.3 Å². The number of carboxylic acid groups (broad SMARTS) is 1. The lowest BCUT2D eigenvalue weighted by Gasteiger charge is -2.39. The standard InChI is InChI=1S/C29H29F6N5O5/c1-4-19-13-21(25-22(6-7-23(39-25)44-3)40(19)27(43)45-5-2)38-26-36-14-16(11-24(41)42)20(37-26)10-15-8-17(28(30,31)32)12-18(9-15)29(33,34)35/h6-9,12,14,19,21H,4-5,10-11,13H2,1-3H3,(H,41,42)(H,36,37,38)/t19-,21+/m1/s1. The number of halogens is 6. The van der Waals surface area contributed by atoms with E-state index in [0.29, 0.717) is 36.4 Å². The molecule has 45 heavy (non-hydrogen) atoms. The fraction of sp³-hybridized carbons (Fsp3) is 0.414. The third kappa shape index (κ3) is 7.72. The van der Waals surface area contributed by atoms with Gasteiger partial charge in [0.1, 0.15) is 0 Å². The van der Waals surface area contributed by atoms with E-state index in [1.165, 1.54) is 12.0 Å². The second-order valence-electron chi connectivity index (χ2n) is 10.1. The molecule has 0 fully saturated rings. The lowest BCUT2D eigenvalue weighted by molar-refractivity contribution is -0.143. The van der Waals surface area contributed by atoms with E-state index in [0.717, 1.165) is 6.20 Å². The summed E-state index contributed by atoms with van der Waals surface area (Å²) in [7, 11) is 1.41. The molecule has 0 aliphatic carbocycles. The number of amides is 1. The second-order valence-corrected chi connectivity index (χ2v) is 10.1. The summed E-state index contributed by atoms with van der Waals surface area (Å²) in [5.41, 5.74) is -2.67. The summed E-state index contributed by atoms with van der Waals surface area (Å²) in [4.78, 5) is 38.9. The number of carbonyl (C=O) groups excluding carboxylic acids is 1.